The zero-order valence-corrected chi connectivity index (χ0v) is 13.9. The van der Waals surface area contributed by atoms with Gasteiger partial charge in [0.05, 0.1) is 0 Å². The summed E-state index contributed by atoms with van der Waals surface area (Å²) in [7, 11) is 0. The van der Waals surface area contributed by atoms with Crippen LogP contribution in [0.4, 0.5) is 0 Å². The molecule has 25 heavy (non-hydrogen) atoms. The first-order valence-corrected chi connectivity index (χ1v) is 8.30. The first kappa shape index (κ1) is 15.5. The molecule has 1 fully saturated rings. The molecule has 0 bridgehead atoms. The van der Waals surface area contributed by atoms with E-state index in [4.69, 9.17) is 4.52 Å². The minimum Gasteiger partial charge on any atom is -0.337 e. The van der Waals surface area contributed by atoms with Crippen LogP contribution in [0, 0.1) is 6.92 Å². The average molecular weight is 334 g/mol. The van der Waals surface area contributed by atoms with Gasteiger partial charge in [0.2, 0.25) is 17.6 Å². The standard InChI is InChI=1S/C19H18N4O2/c1-13-3-2-4-14(11-13)12-23-16(5-6-17(23)24)19-21-18(22-25-19)15-7-9-20-10-8-15/h2-4,7-11,16H,5-6,12H2,1H3. The van der Waals surface area contributed by atoms with Crippen LogP contribution in [-0.4, -0.2) is 25.9 Å². The zero-order chi connectivity index (χ0) is 17.2. The molecule has 1 atom stereocenters. The van der Waals surface area contributed by atoms with Gasteiger partial charge in [-0.25, -0.2) is 0 Å². The summed E-state index contributed by atoms with van der Waals surface area (Å²) in [5, 5.41) is 4.06. The summed E-state index contributed by atoms with van der Waals surface area (Å²) in [6.07, 6.45) is 4.58. The topological polar surface area (TPSA) is 72.1 Å². The minimum atomic E-state index is -0.170. The minimum absolute atomic E-state index is 0.121. The van der Waals surface area contributed by atoms with Gasteiger partial charge in [-0.2, -0.15) is 4.98 Å². The van der Waals surface area contributed by atoms with Crippen molar-refractivity contribution in [1.29, 1.82) is 0 Å². The van der Waals surface area contributed by atoms with Crippen LogP contribution in [0.25, 0.3) is 11.4 Å². The fourth-order valence-electron chi connectivity index (χ4n) is 3.18. The molecule has 1 aliphatic heterocycles. The fraction of sp³-hybridized carbons (Fsp3) is 0.263. The molecular formula is C19H18N4O2. The van der Waals surface area contributed by atoms with Crippen molar-refractivity contribution in [2.75, 3.05) is 0 Å². The van der Waals surface area contributed by atoms with E-state index in [9.17, 15) is 4.79 Å². The number of aryl methyl sites for hydroxylation is 1. The van der Waals surface area contributed by atoms with Gasteiger partial charge in [-0.1, -0.05) is 35.0 Å². The molecule has 3 heterocycles. The third-order valence-electron chi connectivity index (χ3n) is 4.43. The molecule has 0 saturated carbocycles. The lowest BCUT2D eigenvalue weighted by Crippen LogP contribution is -2.27. The van der Waals surface area contributed by atoms with E-state index in [1.165, 1.54) is 5.56 Å². The maximum absolute atomic E-state index is 12.4. The Balaban J connectivity index is 1.59. The van der Waals surface area contributed by atoms with Crippen molar-refractivity contribution in [1.82, 2.24) is 20.0 Å². The summed E-state index contributed by atoms with van der Waals surface area (Å²) >= 11 is 0. The molecule has 1 amide bonds. The lowest BCUT2D eigenvalue weighted by atomic mass is 10.1. The number of pyridine rings is 1. The van der Waals surface area contributed by atoms with Crippen molar-refractivity contribution in [2.45, 2.75) is 32.4 Å². The van der Waals surface area contributed by atoms with E-state index in [-0.39, 0.29) is 11.9 Å². The van der Waals surface area contributed by atoms with Crippen LogP contribution in [0.2, 0.25) is 0 Å². The number of benzene rings is 1. The molecule has 6 nitrogen and oxygen atoms in total. The van der Waals surface area contributed by atoms with E-state index in [1.807, 2.05) is 42.2 Å². The summed E-state index contributed by atoms with van der Waals surface area (Å²) < 4.78 is 5.47. The number of hydrogen-bond acceptors (Lipinski definition) is 5. The molecule has 3 aromatic rings. The molecular weight excluding hydrogens is 316 g/mol. The summed E-state index contributed by atoms with van der Waals surface area (Å²) in [5.74, 6) is 1.13. The largest absolute Gasteiger partial charge is 0.337 e. The molecule has 0 radical (unpaired) electrons. The Morgan fingerprint density at radius 2 is 2.08 bits per heavy atom. The lowest BCUT2D eigenvalue weighted by molar-refractivity contribution is -0.129. The predicted octanol–water partition coefficient (Wildman–Crippen LogP) is 3.30. The van der Waals surface area contributed by atoms with Crippen molar-refractivity contribution in [3.63, 3.8) is 0 Å². The highest BCUT2D eigenvalue weighted by atomic mass is 16.5. The van der Waals surface area contributed by atoms with Gasteiger partial charge < -0.3 is 9.42 Å². The molecule has 2 aromatic heterocycles. The SMILES string of the molecule is Cc1cccc(CN2C(=O)CCC2c2nc(-c3ccncc3)no2)c1. The summed E-state index contributed by atoms with van der Waals surface area (Å²) in [4.78, 5) is 22.7. The predicted molar refractivity (Wildman–Crippen MR) is 91.2 cm³/mol. The Kier molecular flexibility index (Phi) is 4.01. The first-order valence-electron chi connectivity index (χ1n) is 8.30. The van der Waals surface area contributed by atoms with Gasteiger partial charge >= 0.3 is 0 Å². The first-order chi connectivity index (χ1) is 12.2. The number of nitrogens with zero attached hydrogens (tertiary/aromatic N) is 4. The Hall–Kier alpha value is -3.02. The van der Waals surface area contributed by atoms with E-state index in [1.54, 1.807) is 12.4 Å². The van der Waals surface area contributed by atoms with Crippen LogP contribution in [0.3, 0.4) is 0 Å². The van der Waals surface area contributed by atoms with E-state index >= 15 is 0 Å². The van der Waals surface area contributed by atoms with Gasteiger partial charge in [-0.05, 0) is 31.0 Å². The summed E-state index contributed by atoms with van der Waals surface area (Å²) in [5.41, 5.74) is 3.13. The molecule has 1 unspecified atom stereocenters. The number of hydrogen-bond donors (Lipinski definition) is 0. The average Bonchev–Trinajstić information content (AvgIpc) is 3.24. The highest BCUT2D eigenvalue weighted by molar-refractivity contribution is 5.78. The normalized spacial score (nSPS) is 17.2. The molecule has 6 heteroatoms. The van der Waals surface area contributed by atoms with Crippen LogP contribution in [0.1, 0.15) is 35.9 Å². The maximum atomic E-state index is 12.4. The Morgan fingerprint density at radius 1 is 1.24 bits per heavy atom. The number of amides is 1. The van der Waals surface area contributed by atoms with Crippen molar-refractivity contribution in [3.8, 4) is 11.4 Å². The zero-order valence-electron chi connectivity index (χ0n) is 13.9. The van der Waals surface area contributed by atoms with E-state index in [0.29, 0.717) is 31.1 Å². The lowest BCUT2D eigenvalue weighted by Gasteiger charge is -2.22. The second-order valence-electron chi connectivity index (χ2n) is 6.26. The molecule has 0 N–H and O–H groups in total. The molecule has 0 aliphatic carbocycles. The molecule has 1 saturated heterocycles. The number of carbonyl (C=O) groups excluding carboxylic acids is 1. The quantitative estimate of drug-likeness (QED) is 0.732. The molecule has 1 aliphatic rings. The second kappa shape index (κ2) is 6.47. The Morgan fingerprint density at radius 3 is 2.88 bits per heavy atom. The van der Waals surface area contributed by atoms with Crippen molar-refractivity contribution >= 4 is 5.91 Å². The summed E-state index contributed by atoms with van der Waals surface area (Å²) in [6.45, 7) is 2.60. The van der Waals surface area contributed by atoms with Crippen molar-refractivity contribution in [2.24, 2.45) is 0 Å². The fourth-order valence-corrected chi connectivity index (χ4v) is 3.18. The molecule has 4 rings (SSSR count). The molecule has 0 spiro atoms. The monoisotopic (exact) mass is 334 g/mol. The third kappa shape index (κ3) is 3.15. The number of carbonyl (C=O) groups is 1. The van der Waals surface area contributed by atoms with Gasteiger partial charge in [0.15, 0.2) is 0 Å². The summed E-state index contributed by atoms with van der Waals surface area (Å²) in [6, 6.07) is 11.7. The Bertz CT molecular complexity index is 891. The van der Waals surface area contributed by atoms with Gasteiger partial charge in [0.1, 0.15) is 6.04 Å². The van der Waals surface area contributed by atoms with Crippen LogP contribution in [-0.2, 0) is 11.3 Å². The van der Waals surface area contributed by atoms with E-state index in [2.05, 4.69) is 21.2 Å². The van der Waals surface area contributed by atoms with Crippen LogP contribution in [0.5, 0.6) is 0 Å². The van der Waals surface area contributed by atoms with Gasteiger partial charge in [-0.15, -0.1) is 0 Å². The Labute approximate surface area is 145 Å². The second-order valence-corrected chi connectivity index (χ2v) is 6.26. The highest BCUT2D eigenvalue weighted by Gasteiger charge is 2.36. The highest BCUT2D eigenvalue weighted by Crippen LogP contribution is 2.34. The van der Waals surface area contributed by atoms with Crippen molar-refractivity contribution in [3.05, 3.63) is 65.8 Å². The number of rotatable bonds is 4. The van der Waals surface area contributed by atoms with Crippen molar-refractivity contribution < 1.29 is 9.32 Å². The van der Waals surface area contributed by atoms with Crippen LogP contribution >= 0.6 is 0 Å². The van der Waals surface area contributed by atoms with Crippen LogP contribution in [0.15, 0.2) is 53.3 Å². The van der Waals surface area contributed by atoms with Gasteiger partial charge in [0.25, 0.3) is 0 Å². The van der Waals surface area contributed by atoms with E-state index in [0.717, 1.165) is 11.1 Å². The maximum Gasteiger partial charge on any atom is 0.249 e. The smallest absolute Gasteiger partial charge is 0.249 e. The van der Waals surface area contributed by atoms with Gasteiger partial charge in [0, 0.05) is 30.9 Å². The molecule has 1 aromatic carbocycles. The number of aromatic nitrogens is 3. The number of likely N-dealkylation sites (tertiary alicyclic amines) is 1. The third-order valence-corrected chi connectivity index (χ3v) is 4.43. The van der Waals surface area contributed by atoms with Crippen LogP contribution < -0.4 is 0 Å². The molecule has 126 valence electrons. The van der Waals surface area contributed by atoms with Gasteiger partial charge in [-0.3, -0.25) is 9.78 Å². The van der Waals surface area contributed by atoms with E-state index < -0.39 is 0 Å².